The number of hydrogen-bond acceptors (Lipinski definition) is 7. The van der Waals surface area contributed by atoms with Crippen LogP contribution in [0.15, 0.2) is 0 Å². The molecule has 152 valence electrons. The van der Waals surface area contributed by atoms with Crippen LogP contribution in [0.5, 0.6) is 0 Å². The van der Waals surface area contributed by atoms with Crippen molar-refractivity contribution in [3.8, 4) is 0 Å². The molecule has 25 heavy (non-hydrogen) atoms. The lowest BCUT2D eigenvalue weighted by Gasteiger charge is -2.39. The molecule has 0 aromatic carbocycles. The van der Waals surface area contributed by atoms with Crippen molar-refractivity contribution in [3.63, 3.8) is 0 Å². The summed E-state index contributed by atoms with van der Waals surface area (Å²) in [6.07, 6.45) is 1.91. The molecule has 8 N–H and O–H groups in total. The summed E-state index contributed by atoms with van der Waals surface area (Å²) in [6, 6.07) is 0. The molecule has 0 saturated carbocycles. The van der Waals surface area contributed by atoms with Crippen molar-refractivity contribution < 1.29 is 4.74 Å². The molecular formula is C18H44N6O. The maximum Gasteiger partial charge on any atom is 0.0638 e. The molecule has 0 aliphatic heterocycles. The van der Waals surface area contributed by atoms with E-state index in [0.29, 0.717) is 26.2 Å². The minimum atomic E-state index is -0.163. The topological polar surface area (TPSA) is 120 Å². The van der Waals surface area contributed by atoms with E-state index in [1.165, 1.54) is 0 Å². The Kier molecular flexibility index (Phi) is 12.8. The van der Waals surface area contributed by atoms with Crippen molar-refractivity contribution >= 4 is 0 Å². The van der Waals surface area contributed by atoms with Crippen molar-refractivity contribution in [3.05, 3.63) is 0 Å². The Bertz CT molecular complexity index is 313. The molecule has 0 aliphatic carbocycles. The van der Waals surface area contributed by atoms with Crippen molar-refractivity contribution in [1.29, 1.82) is 0 Å². The normalized spacial score (nSPS) is 13.2. The van der Waals surface area contributed by atoms with Gasteiger partial charge in [-0.3, -0.25) is 4.90 Å². The van der Waals surface area contributed by atoms with Crippen LogP contribution in [0, 0.1) is 0 Å². The lowest BCUT2D eigenvalue weighted by Crippen LogP contribution is -2.49. The van der Waals surface area contributed by atoms with Crippen LogP contribution in [0.2, 0.25) is 0 Å². The number of rotatable bonds is 16. The fraction of sp³-hybridized carbons (Fsp3) is 1.00. The SMILES string of the molecule is CC(C)(CCN(CCN)CCN)OCCC(C)(C)N(CCN)CCN. The highest BCUT2D eigenvalue weighted by Gasteiger charge is 2.27. The van der Waals surface area contributed by atoms with Gasteiger partial charge in [-0.25, -0.2) is 0 Å². The minimum absolute atomic E-state index is 0.0277. The summed E-state index contributed by atoms with van der Waals surface area (Å²) in [4.78, 5) is 4.66. The van der Waals surface area contributed by atoms with Gasteiger partial charge in [0.25, 0.3) is 0 Å². The first-order valence-corrected chi connectivity index (χ1v) is 9.64. The van der Waals surface area contributed by atoms with Gasteiger partial charge in [-0.15, -0.1) is 0 Å². The first-order valence-electron chi connectivity index (χ1n) is 9.64. The van der Waals surface area contributed by atoms with E-state index in [2.05, 4.69) is 37.5 Å². The van der Waals surface area contributed by atoms with E-state index in [4.69, 9.17) is 27.7 Å². The zero-order valence-electron chi connectivity index (χ0n) is 17.1. The molecule has 0 unspecified atom stereocenters. The van der Waals surface area contributed by atoms with E-state index in [1.807, 2.05) is 0 Å². The Morgan fingerprint density at radius 2 is 1.16 bits per heavy atom. The van der Waals surface area contributed by atoms with Gasteiger partial charge in [0.15, 0.2) is 0 Å². The van der Waals surface area contributed by atoms with Gasteiger partial charge in [0.2, 0.25) is 0 Å². The molecule has 0 aliphatic rings. The summed E-state index contributed by atoms with van der Waals surface area (Å²) in [7, 11) is 0. The van der Waals surface area contributed by atoms with Gasteiger partial charge in [-0.05, 0) is 40.5 Å². The second-order valence-corrected chi connectivity index (χ2v) is 7.90. The van der Waals surface area contributed by atoms with Crippen molar-refractivity contribution in [2.24, 2.45) is 22.9 Å². The highest BCUT2D eigenvalue weighted by molar-refractivity contribution is 4.83. The summed E-state index contributed by atoms with van der Waals surface area (Å²) in [5.41, 5.74) is 22.7. The Morgan fingerprint density at radius 3 is 1.60 bits per heavy atom. The Labute approximate surface area is 155 Å². The largest absolute Gasteiger partial charge is 0.375 e. The number of nitrogens with two attached hydrogens (primary N) is 4. The molecule has 0 saturated heterocycles. The maximum absolute atomic E-state index is 6.20. The van der Waals surface area contributed by atoms with Crippen LogP contribution in [-0.2, 0) is 4.74 Å². The molecule has 0 radical (unpaired) electrons. The Balaban J connectivity index is 4.37. The smallest absolute Gasteiger partial charge is 0.0638 e. The quantitative estimate of drug-likeness (QED) is 0.300. The fourth-order valence-corrected chi connectivity index (χ4v) is 2.96. The van der Waals surface area contributed by atoms with Crippen molar-refractivity contribution in [2.75, 3.05) is 65.5 Å². The van der Waals surface area contributed by atoms with Crippen LogP contribution < -0.4 is 22.9 Å². The monoisotopic (exact) mass is 360 g/mol. The van der Waals surface area contributed by atoms with Gasteiger partial charge < -0.3 is 32.6 Å². The van der Waals surface area contributed by atoms with E-state index in [0.717, 1.165) is 52.2 Å². The second kappa shape index (κ2) is 13.0. The predicted molar refractivity (Wildman–Crippen MR) is 108 cm³/mol. The fourth-order valence-electron chi connectivity index (χ4n) is 2.96. The maximum atomic E-state index is 6.20. The van der Waals surface area contributed by atoms with Crippen LogP contribution in [0.3, 0.4) is 0 Å². The van der Waals surface area contributed by atoms with Crippen LogP contribution in [0.25, 0.3) is 0 Å². The standard InChI is InChI=1S/C18H44N6O/c1-17(2,24(14-9-21)15-10-22)6-16-25-18(3,4)5-11-23(12-7-19)13-8-20/h5-16,19-22H2,1-4H3. The van der Waals surface area contributed by atoms with Crippen molar-refractivity contribution in [1.82, 2.24) is 9.80 Å². The molecule has 0 bridgehead atoms. The Morgan fingerprint density at radius 1 is 0.680 bits per heavy atom. The van der Waals surface area contributed by atoms with Gasteiger partial charge in [0.05, 0.1) is 5.60 Å². The summed E-state index contributed by atoms with van der Waals surface area (Å²) >= 11 is 0. The number of ether oxygens (including phenoxy) is 1. The summed E-state index contributed by atoms with van der Waals surface area (Å²) < 4.78 is 6.20. The average Bonchev–Trinajstić information content (AvgIpc) is 2.52. The molecule has 7 nitrogen and oxygen atoms in total. The minimum Gasteiger partial charge on any atom is -0.375 e. The lowest BCUT2D eigenvalue weighted by molar-refractivity contribution is -0.0446. The molecule has 0 aromatic heterocycles. The van der Waals surface area contributed by atoms with E-state index in [-0.39, 0.29) is 11.1 Å². The highest BCUT2D eigenvalue weighted by Crippen LogP contribution is 2.21. The van der Waals surface area contributed by atoms with Crippen molar-refractivity contribution in [2.45, 2.75) is 51.7 Å². The summed E-state index contributed by atoms with van der Waals surface area (Å²) in [6.45, 7) is 16.6. The lowest BCUT2D eigenvalue weighted by atomic mass is 9.97. The predicted octanol–water partition coefficient (Wildman–Crippen LogP) is -0.221. The van der Waals surface area contributed by atoms with Gasteiger partial charge in [-0.1, -0.05) is 0 Å². The van der Waals surface area contributed by atoms with E-state index >= 15 is 0 Å². The highest BCUT2D eigenvalue weighted by atomic mass is 16.5. The zero-order chi connectivity index (χ0) is 19.3. The average molecular weight is 361 g/mol. The van der Waals surface area contributed by atoms with E-state index < -0.39 is 0 Å². The summed E-state index contributed by atoms with van der Waals surface area (Å²) in [5, 5.41) is 0. The summed E-state index contributed by atoms with van der Waals surface area (Å²) in [5.74, 6) is 0. The number of hydrogen-bond donors (Lipinski definition) is 4. The zero-order valence-corrected chi connectivity index (χ0v) is 17.1. The first-order chi connectivity index (χ1) is 11.7. The molecule has 0 aromatic rings. The molecule has 0 atom stereocenters. The van der Waals surface area contributed by atoms with Gasteiger partial charge in [0, 0.05) is 71.0 Å². The third-order valence-corrected chi connectivity index (χ3v) is 4.78. The first kappa shape index (κ1) is 24.7. The molecule has 0 amide bonds. The molecule has 7 heteroatoms. The van der Waals surface area contributed by atoms with Gasteiger partial charge in [-0.2, -0.15) is 0 Å². The van der Waals surface area contributed by atoms with E-state index in [1.54, 1.807) is 0 Å². The molecular weight excluding hydrogens is 316 g/mol. The molecule has 0 spiro atoms. The van der Waals surface area contributed by atoms with E-state index in [9.17, 15) is 0 Å². The number of nitrogens with zero attached hydrogens (tertiary/aromatic N) is 2. The van der Waals surface area contributed by atoms with Gasteiger partial charge >= 0.3 is 0 Å². The second-order valence-electron chi connectivity index (χ2n) is 7.90. The van der Waals surface area contributed by atoms with Crippen LogP contribution in [-0.4, -0.2) is 86.4 Å². The van der Waals surface area contributed by atoms with Gasteiger partial charge in [0.1, 0.15) is 0 Å². The van der Waals surface area contributed by atoms with Crippen LogP contribution >= 0.6 is 0 Å². The molecule has 0 rings (SSSR count). The molecule has 0 fully saturated rings. The third-order valence-electron chi connectivity index (χ3n) is 4.78. The Hall–Kier alpha value is -0.280. The van der Waals surface area contributed by atoms with Crippen LogP contribution in [0.1, 0.15) is 40.5 Å². The third kappa shape index (κ3) is 11.1. The van der Waals surface area contributed by atoms with Crippen LogP contribution in [0.4, 0.5) is 0 Å². The molecule has 0 heterocycles.